The van der Waals surface area contributed by atoms with E-state index < -0.39 is 0 Å². The largest absolute Gasteiger partial charge is 0.340 e. The third kappa shape index (κ3) is 2.95. The molecule has 3 rings (SSSR count). The summed E-state index contributed by atoms with van der Waals surface area (Å²) in [6, 6.07) is 2.01. The van der Waals surface area contributed by atoms with E-state index in [0.29, 0.717) is 5.92 Å². The van der Waals surface area contributed by atoms with Gasteiger partial charge in [0.05, 0.1) is 5.69 Å². The number of fused-ring (bicyclic) bond motifs is 3. The van der Waals surface area contributed by atoms with Crippen molar-refractivity contribution in [2.75, 3.05) is 36.0 Å². The van der Waals surface area contributed by atoms with Gasteiger partial charge in [0, 0.05) is 55.2 Å². The minimum Gasteiger partial charge on any atom is -0.340 e. The molecule has 120 valence electrons. The van der Waals surface area contributed by atoms with E-state index in [4.69, 9.17) is 0 Å². The summed E-state index contributed by atoms with van der Waals surface area (Å²) in [7, 11) is 0. The quantitative estimate of drug-likeness (QED) is 0.563. The molecule has 5 nitrogen and oxygen atoms in total. The first-order chi connectivity index (χ1) is 10.5. The number of pyridine rings is 1. The Morgan fingerprint density at radius 2 is 2.18 bits per heavy atom. The molecule has 1 fully saturated rings. The predicted octanol–water partition coefficient (Wildman–Crippen LogP) is 2.62. The highest BCUT2D eigenvalue weighted by molar-refractivity contribution is 14.1. The van der Waals surface area contributed by atoms with Crippen LogP contribution in [-0.2, 0) is 4.79 Å². The number of anilines is 2. The van der Waals surface area contributed by atoms with Crippen molar-refractivity contribution >= 4 is 40.3 Å². The van der Waals surface area contributed by atoms with Crippen LogP contribution in [0.3, 0.4) is 0 Å². The van der Waals surface area contributed by atoms with Crippen molar-refractivity contribution in [3.8, 4) is 0 Å². The van der Waals surface area contributed by atoms with Gasteiger partial charge in [-0.2, -0.15) is 0 Å². The molecule has 0 aliphatic carbocycles. The molecule has 6 heteroatoms. The lowest BCUT2D eigenvalue weighted by Crippen LogP contribution is -2.61. The van der Waals surface area contributed by atoms with Gasteiger partial charge < -0.3 is 9.80 Å². The van der Waals surface area contributed by atoms with E-state index in [0.717, 1.165) is 49.7 Å². The molecule has 0 spiro atoms. The molecule has 2 aliphatic heterocycles. The van der Waals surface area contributed by atoms with Crippen LogP contribution in [0, 0.1) is 12.8 Å². The van der Waals surface area contributed by atoms with Gasteiger partial charge in [0.15, 0.2) is 5.82 Å². The highest BCUT2D eigenvalue weighted by Gasteiger charge is 2.41. The number of aromatic nitrogens is 1. The summed E-state index contributed by atoms with van der Waals surface area (Å²) in [4.78, 5) is 21.8. The number of hydrogen-bond donors (Lipinski definition) is 0. The maximum atomic E-state index is 13.0. The zero-order chi connectivity index (χ0) is 15.9. The first-order valence-electron chi connectivity index (χ1n) is 7.92. The van der Waals surface area contributed by atoms with Crippen LogP contribution in [0.5, 0.6) is 0 Å². The summed E-state index contributed by atoms with van der Waals surface area (Å²) in [6.45, 7) is 9.80. The van der Waals surface area contributed by atoms with Crippen molar-refractivity contribution in [3.05, 3.63) is 17.8 Å². The molecular formula is C16H23IN4O. The van der Waals surface area contributed by atoms with Gasteiger partial charge in [-0.05, 0) is 30.9 Å². The summed E-state index contributed by atoms with van der Waals surface area (Å²) in [5.74, 6) is 1.78. The molecule has 0 aromatic carbocycles. The van der Waals surface area contributed by atoms with Gasteiger partial charge in [-0.1, -0.05) is 13.8 Å². The second-order valence-corrected chi connectivity index (χ2v) is 7.97. The second kappa shape index (κ2) is 6.31. The van der Waals surface area contributed by atoms with Crippen LogP contribution in [0.15, 0.2) is 12.3 Å². The number of amides is 1. The highest BCUT2D eigenvalue weighted by Crippen LogP contribution is 2.37. The summed E-state index contributed by atoms with van der Waals surface area (Å²) in [5.41, 5.74) is 2.09. The molecule has 1 saturated heterocycles. The van der Waals surface area contributed by atoms with Crippen molar-refractivity contribution in [2.45, 2.75) is 33.2 Å². The van der Waals surface area contributed by atoms with E-state index in [9.17, 15) is 4.79 Å². The van der Waals surface area contributed by atoms with Gasteiger partial charge in [-0.15, -0.1) is 0 Å². The van der Waals surface area contributed by atoms with Crippen LogP contribution in [0.25, 0.3) is 0 Å². The summed E-state index contributed by atoms with van der Waals surface area (Å²) < 4.78 is 2.20. The Hall–Kier alpha value is -0.890. The Balaban J connectivity index is 1.99. The lowest BCUT2D eigenvalue weighted by atomic mass is 10.0. The van der Waals surface area contributed by atoms with Gasteiger partial charge in [0.25, 0.3) is 5.91 Å². The van der Waals surface area contributed by atoms with Crippen LogP contribution in [0.2, 0.25) is 0 Å². The third-order valence-electron chi connectivity index (χ3n) is 4.36. The Kier molecular flexibility index (Phi) is 4.59. The lowest BCUT2D eigenvalue weighted by Gasteiger charge is -2.46. The summed E-state index contributed by atoms with van der Waals surface area (Å²) >= 11 is 2.32. The second-order valence-electron chi connectivity index (χ2n) is 6.61. The normalized spacial score (nSPS) is 22.0. The lowest BCUT2D eigenvalue weighted by molar-refractivity contribution is -0.120. The molecular weight excluding hydrogens is 391 g/mol. The van der Waals surface area contributed by atoms with Crippen LogP contribution < -0.4 is 9.80 Å². The molecule has 0 N–H and O–H groups in total. The number of carbonyl (C=O) groups is 1. The minimum atomic E-state index is -0.0967. The molecule has 22 heavy (non-hydrogen) atoms. The molecule has 1 atom stereocenters. The number of halogens is 1. The molecule has 2 aliphatic rings. The molecule has 0 unspecified atom stereocenters. The number of rotatable bonds is 3. The van der Waals surface area contributed by atoms with Crippen molar-refractivity contribution in [1.82, 2.24) is 8.10 Å². The molecule has 3 heterocycles. The first-order valence-corrected chi connectivity index (χ1v) is 8.89. The van der Waals surface area contributed by atoms with Crippen molar-refractivity contribution in [3.63, 3.8) is 0 Å². The van der Waals surface area contributed by atoms with Crippen LogP contribution >= 0.6 is 22.9 Å². The number of aryl methyl sites for hydroxylation is 1. The Morgan fingerprint density at radius 1 is 1.41 bits per heavy atom. The monoisotopic (exact) mass is 414 g/mol. The number of nitrogens with zero attached hydrogens (tertiary/aromatic N) is 4. The maximum Gasteiger partial charge on any atom is 0.251 e. The Bertz CT molecular complexity index is 577. The standard InChI is InChI=1S/C16H23IN4O/c1-11(2)4-5-21-13-8-12(3)9-18-15(13)20-7-6-19(17)10-14(20)16(21)22/h8-9,11,14H,4-7,10H2,1-3H3/t14-/m1/s1. The van der Waals surface area contributed by atoms with Gasteiger partial charge in [0.1, 0.15) is 6.04 Å². The SMILES string of the molecule is Cc1cnc2c(c1)N(CCC(C)C)C(=O)[C@H]1CN(I)CCN21. The molecule has 0 saturated carbocycles. The van der Waals surface area contributed by atoms with Gasteiger partial charge >= 0.3 is 0 Å². The van der Waals surface area contributed by atoms with E-state index >= 15 is 0 Å². The smallest absolute Gasteiger partial charge is 0.251 e. The summed E-state index contributed by atoms with van der Waals surface area (Å²) in [5, 5.41) is 0. The average Bonchev–Trinajstić information content (AvgIpc) is 2.47. The van der Waals surface area contributed by atoms with Gasteiger partial charge in [0.2, 0.25) is 0 Å². The van der Waals surface area contributed by atoms with E-state index in [1.165, 1.54) is 0 Å². The zero-order valence-electron chi connectivity index (χ0n) is 13.4. The van der Waals surface area contributed by atoms with Crippen molar-refractivity contribution in [2.24, 2.45) is 5.92 Å². The van der Waals surface area contributed by atoms with Crippen LogP contribution in [-0.4, -0.2) is 46.2 Å². The molecule has 1 aromatic rings. The Morgan fingerprint density at radius 3 is 2.91 bits per heavy atom. The van der Waals surface area contributed by atoms with E-state index in [1.807, 2.05) is 18.0 Å². The minimum absolute atomic E-state index is 0.0967. The van der Waals surface area contributed by atoms with Gasteiger partial charge in [-0.25, -0.2) is 8.10 Å². The fraction of sp³-hybridized carbons (Fsp3) is 0.625. The predicted molar refractivity (Wildman–Crippen MR) is 97.5 cm³/mol. The molecule has 1 amide bonds. The van der Waals surface area contributed by atoms with E-state index in [2.05, 4.69) is 55.8 Å². The maximum absolute atomic E-state index is 13.0. The van der Waals surface area contributed by atoms with Crippen molar-refractivity contribution in [1.29, 1.82) is 0 Å². The first kappa shape index (κ1) is 16.0. The molecule has 0 bridgehead atoms. The topological polar surface area (TPSA) is 39.7 Å². The number of carbonyl (C=O) groups excluding carboxylic acids is 1. The summed E-state index contributed by atoms with van der Waals surface area (Å²) in [6.07, 6.45) is 2.92. The third-order valence-corrected chi connectivity index (χ3v) is 5.24. The number of piperazine rings is 1. The van der Waals surface area contributed by atoms with Crippen LogP contribution in [0.1, 0.15) is 25.8 Å². The van der Waals surface area contributed by atoms with E-state index in [-0.39, 0.29) is 11.9 Å². The van der Waals surface area contributed by atoms with Crippen LogP contribution in [0.4, 0.5) is 11.5 Å². The molecule has 0 radical (unpaired) electrons. The van der Waals surface area contributed by atoms with E-state index in [1.54, 1.807) is 0 Å². The number of hydrogen-bond acceptors (Lipinski definition) is 4. The average molecular weight is 414 g/mol. The zero-order valence-corrected chi connectivity index (χ0v) is 15.6. The molecule has 1 aromatic heterocycles. The van der Waals surface area contributed by atoms with Crippen molar-refractivity contribution < 1.29 is 4.79 Å². The highest BCUT2D eigenvalue weighted by atomic mass is 127. The fourth-order valence-electron chi connectivity index (χ4n) is 3.10. The fourth-order valence-corrected chi connectivity index (χ4v) is 3.69. The van der Waals surface area contributed by atoms with Gasteiger partial charge in [-0.3, -0.25) is 4.79 Å². The Labute approximate surface area is 146 Å².